The number of nitrogens with zero attached hydrogens (tertiary/aromatic N) is 6. The Labute approximate surface area is 151 Å². The Morgan fingerprint density at radius 1 is 1.16 bits per heavy atom. The van der Waals surface area contributed by atoms with Crippen molar-refractivity contribution in [3.05, 3.63) is 42.1 Å². The minimum absolute atomic E-state index is 0.601. The van der Waals surface area contributed by atoms with Crippen molar-refractivity contribution in [2.75, 3.05) is 18.0 Å². The molecule has 25 heavy (non-hydrogen) atoms. The molecule has 4 heterocycles. The molecule has 130 valence electrons. The van der Waals surface area contributed by atoms with Crippen LogP contribution in [0, 0.1) is 0 Å². The monoisotopic (exact) mass is 354 g/mol. The van der Waals surface area contributed by atoms with Crippen LogP contribution in [0.4, 0.5) is 5.82 Å². The molecule has 0 atom stereocenters. The summed E-state index contributed by atoms with van der Waals surface area (Å²) in [6.07, 6.45) is 12.8. The molecule has 3 aromatic rings. The molecule has 1 aliphatic heterocycles. The summed E-state index contributed by atoms with van der Waals surface area (Å²) in [4.78, 5) is 19.5. The van der Waals surface area contributed by atoms with E-state index in [-0.39, 0.29) is 0 Å². The highest BCUT2D eigenvalue weighted by Gasteiger charge is 2.36. The number of anilines is 1. The highest BCUT2D eigenvalue weighted by Crippen LogP contribution is 2.35. The number of piperidine rings is 1. The van der Waals surface area contributed by atoms with Crippen molar-refractivity contribution in [2.24, 2.45) is 0 Å². The summed E-state index contributed by atoms with van der Waals surface area (Å²) in [7, 11) is 0. The molecular weight excluding hydrogens is 332 g/mol. The molecule has 5 rings (SSSR count). The Hall–Kier alpha value is -1.99. The zero-order valence-corrected chi connectivity index (χ0v) is 15.0. The summed E-state index contributed by atoms with van der Waals surface area (Å²) >= 11 is 1.70. The van der Waals surface area contributed by atoms with Gasteiger partial charge in [0.2, 0.25) is 0 Å². The van der Waals surface area contributed by atoms with Gasteiger partial charge in [0.05, 0.1) is 5.69 Å². The Morgan fingerprint density at radius 3 is 2.72 bits per heavy atom. The second-order valence-electron chi connectivity index (χ2n) is 7.04. The number of aromatic nitrogens is 4. The van der Waals surface area contributed by atoms with E-state index in [1.54, 1.807) is 17.7 Å². The summed E-state index contributed by atoms with van der Waals surface area (Å²) < 4.78 is 2.12. The maximum atomic E-state index is 4.72. The van der Waals surface area contributed by atoms with E-state index in [4.69, 9.17) is 4.98 Å². The number of fused-ring (bicyclic) bond motifs is 1. The molecule has 6 nitrogen and oxygen atoms in total. The van der Waals surface area contributed by atoms with Crippen molar-refractivity contribution in [3.63, 3.8) is 0 Å². The number of rotatable bonds is 5. The number of hydrogen-bond donors (Lipinski definition) is 0. The lowest BCUT2D eigenvalue weighted by atomic mass is 10.0. The van der Waals surface area contributed by atoms with Crippen LogP contribution in [0.3, 0.4) is 0 Å². The van der Waals surface area contributed by atoms with E-state index in [1.165, 1.54) is 31.4 Å². The van der Waals surface area contributed by atoms with Crippen LogP contribution < -0.4 is 4.90 Å². The van der Waals surface area contributed by atoms with E-state index in [0.29, 0.717) is 12.1 Å². The highest BCUT2D eigenvalue weighted by molar-refractivity contribution is 7.15. The van der Waals surface area contributed by atoms with Gasteiger partial charge in [-0.15, -0.1) is 11.3 Å². The SMILES string of the molecule is c1cc(N(C2CC2)C2CCN(Cc3cn4ccsc4n3)CC2)ncn1. The molecule has 3 aromatic heterocycles. The lowest BCUT2D eigenvalue weighted by Gasteiger charge is -2.39. The Balaban J connectivity index is 1.23. The van der Waals surface area contributed by atoms with Crippen LogP contribution >= 0.6 is 11.3 Å². The first-order valence-electron chi connectivity index (χ1n) is 9.04. The van der Waals surface area contributed by atoms with Gasteiger partial charge < -0.3 is 4.90 Å². The Kier molecular flexibility index (Phi) is 3.90. The van der Waals surface area contributed by atoms with Gasteiger partial charge in [-0.05, 0) is 31.7 Å². The quantitative estimate of drug-likeness (QED) is 0.705. The standard InChI is InChI=1S/C18H22N6S/c1-2-15(1)24(17-3-6-19-13-20-17)16-4-7-22(8-5-16)11-14-12-23-9-10-25-18(23)21-14/h3,6,9-10,12-13,15-16H,1-2,4-5,7-8,11H2. The average Bonchev–Trinajstić information content (AvgIpc) is 3.25. The van der Waals surface area contributed by atoms with Crippen molar-refractivity contribution in [1.29, 1.82) is 0 Å². The van der Waals surface area contributed by atoms with Gasteiger partial charge in [0.25, 0.3) is 0 Å². The molecule has 1 saturated heterocycles. The van der Waals surface area contributed by atoms with Crippen molar-refractivity contribution < 1.29 is 0 Å². The molecule has 1 saturated carbocycles. The molecule has 7 heteroatoms. The zero-order valence-electron chi connectivity index (χ0n) is 14.2. The van der Waals surface area contributed by atoms with Gasteiger partial charge in [0.15, 0.2) is 4.96 Å². The first kappa shape index (κ1) is 15.3. The number of thiazole rings is 1. The molecule has 1 aliphatic carbocycles. The lowest BCUT2D eigenvalue weighted by molar-refractivity contribution is 0.198. The van der Waals surface area contributed by atoms with E-state index in [2.05, 4.69) is 48.0 Å². The third-order valence-electron chi connectivity index (χ3n) is 5.25. The fourth-order valence-corrected chi connectivity index (χ4v) is 4.62. The van der Waals surface area contributed by atoms with E-state index in [9.17, 15) is 0 Å². The van der Waals surface area contributed by atoms with Crippen LogP contribution in [0.5, 0.6) is 0 Å². The van der Waals surface area contributed by atoms with Crippen LogP contribution in [0.2, 0.25) is 0 Å². The largest absolute Gasteiger partial charge is 0.350 e. The summed E-state index contributed by atoms with van der Waals surface area (Å²) in [5.74, 6) is 1.10. The van der Waals surface area contributed by atoms with E-state index in [0.717, 1.165) is 30.4 Å². The first-order valence-corrected chi connectivity index (χ1v) is 9.92. The highest BCUT2D eigenvalue weighted by atomic mass is 32.1. The maximum Gasteiger partial charge on any atom is 0.193 e. The second kappa shape index (κ2) is 6.38. The fourth-order valence-electron chi connectivity index (χ4n) is 3.90. The molecule has 2 fully saturated rings. The Morgan fingerprint density at radius 2 is 2.00 bits per heavy atom. The smallest absolute Gasteiger partial charge is 0.193 e. The van der Waals surface area contributed by atoms with Crippen molar-refractivity contribution in [1.82, 2.24) is 24.3 Å². The molecule has 0 unspecified atom stereocenters. The summed E-state index contributed by atoms with van der Waals surface area (Å²) in [5.41, 5.74) is 1.18. The fraction of sp³-hybridized carbons (Fsp3) is 0.500. The van der Waals surface area contributed by atoms with Crippen molar-refractivity contribution in [3.8, 4) is 0 Å². The first-order chi connectivity index (χ1) is 12.4. The molecule has 0 N–H and O–H groups in total. The van der Waals surface area contributed by atoms with Gasteiger partial charge in [-0.25, -0.2) is 15.0 Å². The molecule has 0 radical (unpaired) electrons. The Bertz CT molecular complexity index is 803. The number of imidazole rings is 1. The van der Waals surface area contributed by atoms with E-state index in [1.807, 2.05) is 6.20 Å². The normalized spacial score (nSPS) is 19.5. The second-order valence-corrected chi connectivity index (χ2v) is 7.91. The molecule has 0 bridgehead atoms. The molecule has 0 spiro atoms. The lowest BCUT2D eigenvalue weighted by Crippen LogP contribution is -2.46. The molecular formula is C18H22N6S. The van der Waals surface area contributed by atoms with Gasteiger partial charge in [0.1, 0.15) is 12.1 Å². The number of hydrogen-bond acceptors (Lipinski definition) is 6. The summed E-state index contributed by atoms with van der Waals surface area (Å²) in [5, 5.41) is 2.08. The van der Waals surface area contributed by atoms with Crippen molar-refractivity contribution in [2.45, 2.75) is 44.3 Å². The molecule has 0 amide bonds. The minimum atomic E-state index is 0.601. The van der Waals surface area contributed by atoms with Gasteiger partial charge in [-0.1, -0.05) is 0 Å². The predicted molar refractivity (Wildman–Crippen MR) is 98.9 cm³/mol. The van der Waals surface area contributed by atoms with Crippen LogP contribution in [0.25, 0.3) is 4.96 Å². The average molecular weight is 354 g/mol. The van der Waals surface area contributed by atoms with Crippen LogP contribution in [-0.2, 0) is 6.54 Å². The van der Waals surface area contributed by atoms with Gasteiger partial charge in [-0.2, -0.15) is 0 Å². The minimum Gasteiger partial charge on any atom is -0.350 e. The van der Waals surface area contributed by atoms with Crippen LogP contribution in [-0.4, -0.2) is 49.4 Å². The summed E-state index contributed by atoms with van der Waals surface area (Å²) in [6.45, 7) is 3.21. The topological polar surface area (TPSA) is 49.6 Å². The van der Waals surface area contributed by atoms with Gasteiger partial charge >= 0.3 is 0 Å². The van der Waals surface area contributed by atoms with Gasteiger partial charge in [0, 0.05) is 55.7 Å². The third kappa shape index (κ3) is 3.14. The van der Waals surface area contributed by atoms with Crippen molar-refractivity contribution >= 4 is 22.1 Å². The zero-order chi connectivity index (χ0) is 16.6. The van der Waals surface area contributed by atoms with Crippen LogP contribution in [0.15, 0.2) is 36.4 Å². The molecule has 2 aliphatic rings. The maximum absolute atomic E-state index is 4.72. The summed E-state index contributed by atoms with van der Waals surface area (Å²) in [6, 6.07) is 3.35. The van der Waals surface area contributed by atoms with Gasteiger partial charge in [-0.3, -0.25) is 9.30 Å². The van der Waals surface area contributed by atoms with E-state index < -0.39 is 0 Å². The van der Waals surface area contributed by atoms with Crippen LogP contribution in [0.1, 0.15) is 31.4 Å². The number of likely N-dealkylation sites (tertiary alicyclic amines) is 1. The third-order valence-corrected chi connectivity index (χ3v) is 6.02. The predicted octanol–water partition coefficient (Wildman–Crippen LogP) is 2.82. The van der Waals surface area contributed by atoms with E-state index >= 15 is 0 Å². The molecule has 0 aromatic carbocycles.